The van der Waals surface area contributed by atoms with E-state index < -0.39 is 32.9 Å². The largest absolute Gasteiger partial charge is 0.495 e. The van der Waals surface area contributed by atoms with Crippen molar-refractivity contribution < 1.29 is 32.4 Å². The van der Waals surface area contributed by atoms with E-state index in [4.69, 9.17) is 15.9 Å². The average molecular weight is 461 g/mol. The standard InChI is InChI=1S/C20H19N3O8S/c1-4-10-21-32(28,29)16-7-5-6-14(11-16)20(25)31-13(2)19(24)22-17-12-15(23(26)27)8-9-18(17)30-3/h1,5-9,11-13,21H,10H2,2-3H3,(H,22,24). The fourth-order valence-electron chi connectivity index (χ4n) is 2.43. The molecule has 1 atom stereocenters. The zero-order chi connectivity index (χ0) is 23.9. The first-order valence-electron chi connectivity index (χ1n) is 8.96. The van der Waals surface area contributed by atoms with Crippen molar-refractivity contribution >= 4 is 33.3 Å². The molecule has 0 saturated heterocycles. The first-order valence-corrected chi connectivity index (χ1v) is 10.4. The fourth-order valence-corrected chi connectivity index (χ4v) is 3.41. The zero-order valence-corrected chi connectivity index (χ0v) is 17.8. The van der Waals surface area contributed by atoms with Crippen molar-refractivity contribution in [2.45, 2.75) is 17.9 Å². The number of anilines is 1. The second kappa shape index (κ2) is 10.4. The summed E-state index contributed by atoms with van der Waals surface area (Å²) in [4.78, 5) is 35.0. The number of nitro benzene ring substituents is 1. The number of amides is 1. The number of benzene rings is 2. The highest BCUT2D eigenvalue weighted by Crippen LogP contribution is 2.29. The number of carbonyl (C=O) groups is 2. The number of hydrogen-bond acceptors (Lipinski definition) is 8. The lowest BCUT2D eigenvalue weighted by Crippen LogP contribution is -2.30. The number of hydrogen-bond donors (Lipinski definition) is 2. The Morgan fingerprint density at radius 1 is 1.25 bits per heavy atom. The number of rotatable bonds is 9. The molecule has 0 heterocycles. The van der Waals surface area contributed by atoms with Gasteiger partial charge in [0.2, 0.25) is 10.0 Å². The van der Waals surface area contributed by atoms with Gasteiger partial charge in [0, 0.05) is 12.1 Å². The Hall–Kier alpha value is -3.95. The van der Waals surface area contributed by atoms with Crippen LogP contribution in [0.3, 0.4) is 0 Å². The van der Waals surface area contributed by atoms with Crippen molar-refractivity contribution in [3.05, 3.63) is 58.1 Å². The molecule has 2 aromatic carbocycles. The molecule has 2 rings (SSSR count). The van der Waals surface area contributed by atoms with Crippen LogP contribution in [0.5, 0.6) is 5.75 Å². The molecular weight excluding hydrogens is 442 g/mol. The van der Waals surface area contributed by atoms with Crippen LogP contribution >= 0.6 is 0 Å². The van der Waals surface area contributed by atoms with E-state index in [0.29, 0.717) is 0 Å². The number of ether oxygens (including phenoxy) is 2. The maximum Gasteiger partial charge on any atom is 0.338 e. The minimum absolute atomic E-state index is 0.0160. The highest BCUT2D eigenvalue weighted by atomic mass is 32.2. The van der Waals surface area contributed by atoms with Gasteiger partial charge in [-0.05, 0) is 31.2 Å². The zero-order valence-electron chi connectivity index (χ0n) is 17.0. The second-order valence-corrected chi connectivity index (χ2v) is 8.00. The maximum absolute atomic E-state index is 12.4. The monoisotopic (exact) mass is 461 g/mol. The van der Waals surface area contributed by atoms with Gasteiger partial charge in [-0.3, -0.25) is 14.9 Å². The van der Waals surface area contributed by atoms with Crippen molar-refractivity contribution in [2.75, 3.05) is 19.0 Å². The summed E-state index contributed by atoms with van der Waals surface area (Å²) in [5, 5.41) is 13.4. The molecule has 168 valence electrons. The van der Waals surface area contributed by atoms with Crippen LogP contribution in [-0.4, -0.2) is 45.0 Å². The lowest BCUT2D eigenvalue weighted by atomic mass is 10.2. The van der Waals surface area contributed by atoms with Crippen LogP contribution in [0.25, 0.3) is 0 Å². The Bertz CT molecular complexity index is 1190. The molecule has 2 aromatic rings. The molecular formula is C20H19N3O8S. The molecule has 32 heavy (non-hydrogen) atoms. The summed E-state index contributed by atoms with van der Waals surface area (Å²) in [6.45, 7) is 1.06. The third-order valence-corrected chi connectivity index (χ3v) is 5.45. The van der Waals surface area contributed by atoms with Gasteiger partial charge in [-0.2, -0.15) is 4.72 Å². The first kappa shape index (κ1) is 24.3. The number of nitrogens with one attached hydrogen (secondary N) is 2. The van der Waals surface area contributed by atoms with Crippen molar-refractivity contribution in [2.24, 2.45) is 0 Å². The van der Waals surface area contributed by atoms with Gasteiger partial charge in [-0.25, -0.2) is 13.2 Å². The van der Waals surface area contributed by atoms with Gasteiger partial charge < -0.3 is 14.8 Å². The van der Waals surface area contributed by atoms with Gasteiger partial charge in [0.1, 0.15) is 5.75 Å². The van der Waals surface area contributed by atoms with E-state index >= 15 is 0 Å². The summed E-state index contributed by atoms with van der Waals surface area (Å²) in [5.74, 6) is 0.569. The van der Waals surface area contributed by atoms with Crippen LogP contribution in [-0.2, 0) is 19.6 Å². The molecule has 2 N–H and O–H groups in total. The van der Waals surface area contributed by atoms with E-state index in [2.05, 4.69) is 16.0 Å². The molecule has 0 fully saturated rings. The topological polar surface area (TPSA) is 154 Å². The summed E-state index contributed by atoms with van der Waals surface area (Å²) < 4.78 is 36.6. The highest BCUT2D eigenvalue weighted by Gasteiger charge is 2.23. The van der Waals surface area contributed by atoms with Crippen LogP contribution in [0.15, 0.2) is 47.4 Å². The summed E-state index contributed by atoms with van der Waals surface area (Å²) in [7, 11) is -2.61. The number of sulfonamides is 1. The van der Waals surface area contributed by atoms with Crippen molar-refractivity contribution in [1.29, 1.82) is 0 Å². The van der Waals surface area contributed by atoms with Gasteiger partial charge in [0.15, 0.2) is 6.10 Å². The Kier molecular flexibility index (Phi) is 7.89. The van der Waals surface area contributed by atoms with E-state index in [1.165, 1.54) is 44.4 Å². The number of nitrogens with zero attached hydrogens (tertiary/aromatic N) is 1. The number of nitro groups is 1. The molecule has 12 heteroatoms. The maximum atomic E-state index is 12.4. The summed E-state index contributed by atoms with van der Waals surface area (Å²) in [6.07, 6.45) is 3.73. The van der Waals surface area contributed by atoms with E-state index in [9.17, 15) is 28.1 Å². The van der Waals surface area contributed by atoms with Gasteiger partial charge >= 0.3 is 5.97 Å². The minimum Gasteiger partial charge on any atom is -0.495 e. The average Bonchev–Trinajstić information content (AvgIpc) is 2.77. The quantitative estimate of drug-likeness (QED) is 0.248. The SMILES string of the molecule is C#CCNS(=O)(=O)c1cccc(C(=O)OC(C)C(=O)Nc2cc([N+](=O)[O-])ccc2OC)c1. The van der Waals surface area contributed by atoms with E-state index in [-0.39, 0.29) is 34.1 Å². The molecule has 11 nitrogen and oxygen atoms in total. The molecule has 0 aliphatic heterocycles. The van der Waals surface area contributed by atoms with Crippen LogP contribution in [0, 0.1) is 22.5 Å². The molecule has 0 saturated carbocycles. The molecule has 1 amide bonds. The Morgan fingerprint density at radius 3 is 2.59 bits per heavy atom. The molecule has 0 radical (unpaired) electrons. The van der Waals surface area contributed by atoms with E-state index in [1.807, 2.05) is 0 Å². The molecule has 0 bridgehead atoms. The number of carbonyl (C=O) groups excluding carboxylic acids is 2. The van der Waals surface area contributed by atoms with Gasteiger partial charge in [-0.15, -0.1) is 6.42 Å². The molecule has 0 aromatic heterocycles. The number of terminal acetylenes is 1. The highest BCUT2D eigenvalue weighted by molar-refractivity contribution is 7.89. The molecule has 0 spiro atoms. The summed E-state index contributed by atoms with van der Waals surface area (Å²) in [6, 6.07) is 8.61. The molecule has 0 aliphatic rings. The van der Waals surface area contributed by atoms with Crippen LogP contribution in [0.2, 0.25) is 0 Å². The first-order chi connectivity index (χ1) is 15.1. The second-order valence-electron chi connectivity index (χ2n) is 6.23. The Labute approximate surface area is 183 Å². The van der Waals surface area contributed by atoms with E-state index in [0.717, 1.165) is 12.1 Å². The van der Waals surface area contributed by atoms with Crippen LogP contribution in [0.1, 0.15) is 17.3 Å². The van der Waals surface area contributed by atoms with Crippen molar-refractivity contribution in [3.63, 3.8) is 0 Å². The summed E-state index contributed by atoms with van der Waals surface area (Å²) in [5.41, 5.74) is -0.370. The predicted octanol–water partition coefficient (Wildman–Crippen LogP) is 1.70. The Balaban J connectivity index is 2.14. The van der Waals surface area contributed by atoms with Crippen molar-refractivity contribution in [1.82, 2.24) is 4.72 Å². The predicted molar refractivity (Wildman–Crippen MR) is 114 cm³/mol. The number of esters is 1. The number of non-ortho nitro benzene ring substituents is 1. The molecule has 0 aliphatic carbocycles. The normalized spacial score (nSPS) is 11.7. The minimum atomic E-state index is -3.93. The van der Waals surface area contributed by atoms with Gasteiger partial charge in [-0.1, -0.05) is 12.0 Å². The third kappa shape index (κ3) is 6.03. The van der Waals surface area contributed by atoms with Crippen molar-refractivity contribution in [3.8, 4) is 18.1 Å². The van der Waals surface area contributed by atoms with Crippen LogP contribution in [0.4, 0.5) is 11.4 Å². The van der Waals surface area contributed by atoms with Gasteiger partial charge in [0.25, 0.3) is 11.6 Å². The molecule has 1 unspecified atom stereocenters. The third-order valence-electron chi connectivity index (χ3n) is 4.05. The van der Waals surface area contributed by atoms with Crippen LogP contribution < -0.4 is 14.8 Å². The Morgan fingerprint density at radius 2 is 1.97 bits per heavy atom. The van der Waals surface area contributed by atoms with Gasteiger partial charge in [0.05, 0.1) is 34.7 Å². The fraction of sp³-hybridized carbons (Fsp3) is 0.200. The number of methoxy groups -OCH3 is 1. The van der Waals surface area contributed by atoms with E-state index in [1.54, 1.807) is 0 Å². The lowest BCUT2D eigenvalue weighted by molar-refractivity contribution is -0.384. The smallest absolute Gasteiger partial charge is 0.338 e. The lowest BCUT2D eigenvalue weighted by Gasteiger charge is -2.15. The summed E-state index contributed by atoms with van der Waals surface area (Å²) >= 11 is 0.